The van der Waals surface area contributed by atoms with Gasteiger partial charge in [0.15, 0.2) is 0 Å². The molecule has 0 atom stereocenters. The molecule has 110 valence electrons. The van der Waals surface area contributed by atoms with E-state index in [0.29, 0.717) is 12.3 Å². The van der Waals surface area contributed by atoms with Crippen LogP contribution in [0.25, 0.3) is 0 Å². The van der Waals surface area contributed by atoms with E-state index in [4.69, 9.17) is 5.11 Å². The molecular formula is C12H13F3N2O3. The molecule has 0 saturated heterocycles. The molecule has 0 aliphatic carbocycles. The van der Waals surface area contributed by atoms with Gasteiger partial charge in [-0.3, -0.25) is 4.79 Å². The van der Waals surface area contributed by atoms with Crippen LogP contribution in [-0.2, 0) is 11.0 Å². The molecule has 1 aromatic heterocycles. The summed E-state index contributed by atoms with van der Waals surface area (Å²) in [6.45, 7) is 4.73. The number of alkyl halides is 3. The van der Waals surface area contributed by atoms with E-state index in [2.05, 4.69) is 10.3 Å². The monoisotopic (exact) mass is 290 g/mol. The van der Waals surface area contributed by atoms with Crippen LogP contribution in [0.5, 0.6) is 0 Å². The zero-order chi connectivity index (χ0) is 15.7. The molecule has 0 aliphatic heterocycles. The second-order valence-electron chi connectivity index (χ2n) is 5.13. The number of carboxylic acid groups (broad SMARTS) is 1. The molecule has 1 heterocycles. The average molecular weight is 290 g/mol. The van der Waals surface area contributed by atoms with Crippen LogP contribution in [-0.4, -0.2) is 22.0 Å². The van der Waals surface area contributed by atoms with Crippen LogP contribution < -0.4 is 5.32 Å². The van der Waals surface area contributed by atoms with Gasteiger partial charge in [-0.15, -0.1) is 0 Å². The number of aromatic nitrogens is 1. The maximum atomic E-state index is 12.5. The number of nitrogens with zero attached hydrogens (tertiary/aromatic N) is 1. The predicted octanol–water partition coefficient (Wildman–Crippen LogP) is 2.78. The summed E-state index contributed by atoms with van der Waals surface area (Å²) >= 11 is 0. The molecule has 0 fully saturated rings. The van der Waals surface area contributed by atoms with Crippen LogP contribution in [0.1, 0.15) is 36.7 Å². The van der Waals surface area contributed by atoms with Gasteiger partial charge in [0.1, 0.15) is 11.4 Å². The minimum Gasteiger partial charge on any atom is -0.478 e. The Morgan fingerprint density at radius 3 is 2.20 bits per heavy atom. The Labute approximate surface area is 112 Å². The van der Waals surface area contributed by atoms with E-state index in [1.165, 1.54) is 0 Å². The largest absolute Gasteiger partial charge is 0.478 e. The predicted molar refractivity (Wildman–Crippen MR) is 64.3 cm³/mol. The third-order valence-electron chi connectivity index (χ3n) is 2.36. The Kier molecular flexibility index (Phi) is 4.07. The van der Waals surface area contributed by atoms with Crippen LogP contribution >= 0.6 is 0 Å². The molecule has 0 aromatic carbocycles. The summed E-state index contributed by atoms with van der Waals surface area (Å²) in [7, 11) is 0. The van der Waals surface area contributed by atoms with Gasteiger partial charge in [-0.2, -0.15) is 13.2 Å². The van der Waals surface area contributed by atoms with Crippen molar-refractivity contribution < 1.29 is 27.9 Å². The van der Waals surface area contributed by atoms with Gasteiger partial charge in [0, 0.05) is 11.6 Å². The summed E-state index contributed by atoms with van der Waals surface area (Å²) in [4.78, 5) is 26.1. The zero-order valence-electron chi connectivity index (χ0n) is 11.0. The lowest BCUT2D eigenvalue weighted by molar-refractivity contribution is -0.137. The Morgan fingerprint density at radius 1 is 1.25 bits per heavy atom. The van der Waals surface area contributed by atoms with Crippen molar-refractivity contribution in [2.45, 2.75) is 26.9 Å². The minimum atomic E-state index is -4.70. The summed E-state index contributed by atoms with van der Waals surface area (Å²) in [6, 6.07) is 0.438. The number of hydrogen-bond donors (Lipinski definition) is 2. The van der Waals surface area contributed by atoms with E-state index < -0.39 is 40.4 Å². The lowest BCUT2D eigenvalue weighted by atomic mass is 9.95. The molecule has 20 heavy (non-hydrogen) atoms. The Hall–Kier alpha value is -2.12. The fourth-order valence-corrected chi connectivity index (χ4v) is 1.18. The van der Waals surface area contributed by atoms with E-state index in [0.717, 1.165) is 0 Å². The maximum Gasteiger partial charge on any atom is 0.417 e. The topological polar surface area (TPSA) is 79.3 Å². The second kappa shape index (κ2) is 5.10. The number of pyridine rings is 1. The Morgan fingerprint density at radius 2 is 1.80 bits per heavy atom. The highest BCUT2D eigenvalue weighted by molar-refractivity contribution is 6.00. The van der Waals surface area contributed by atoms with E-state index in [1.807, 2.05) is 0 Å². The normalized spacial score (nSPS) is 12.1. The van der Waals surface area contributed by atoms with Crippen molar-refractivity contribution in [1.29, 1.82) is 0 Å². The number of anilines is 1. The van der Waals surface area contributed by atoms with Gasteiger partial charge in [0.2, 0.25) is 5.91 Å². The van der Waals surface area contributed by atoms with Crippen molar-refractivity contribution >= 4 is 17.7 Å². The Bertz CT molecular complexity index is 548. The highest BCUT2D eigenvalue weighted by Gasteiger charge is 2.33. The lowest BCUT2D eigenvalue weighted by Gasteiger charge is -2.18. The van der Waals surface area contributed by atoms with Gasteiger partial charge in [-0.25, -0.2) is 9.78 Å². The van der Waals surface area contributed by atoms with E-state index in [1.54, 1.807) is 20.8 Å². The van der Waals surface area contributed by atoms with Crippen molar-refractivity contribution in [3.8, 4) is 0 Å². The van der Waals surface area contributed by atoms with Crippen molar-refractivity contribution in [1.82, 2.24) is 4.98 Å². The number of rotatable bonds is 2. The van der Waals surface area contributed by atoms with Crippen LogP contribution in [0.3, 0.4) is 0 Å². The van der Waals surface area contributed by atoms with E-state index >= 15 is 0 Å². The third kappa shape index (κ3) is 3.69. The van der Waals surface area contributed by atoms with Crippen molar-refractivity contribution in [2.75, 3.05) is 5.32 Å². The zero-order valence-corrected chi connectivity index (χ0v) is 11.0. The van der Waals surface area contributed by atoms with Gasteiger partial charge >= 0.3 is 12.1 Å². The highest BCUT2D eigenvalue weighted by Crippen LogP contribution is 2.31. The summed E-state index contributed by atoms with van der Waals surface area (Å²) in [6.07, 6.45) is -4.23. The molecule has 0 spiro atoms. The maximum absolute atomic E-state index is 12.5. The molecule has 0 saturated carbocycles. The fourth-order valence-electron chi connectivity index (χ4n) is 1.18. The molecule has 1 amide bonds. The molecule has 0 radical (unpaired) electrons. The molecule has 1 aromatic rings. The molecule has 0 bridgehead atoms. The smallest absolute Gasteiger partial charge is 0.417 e. The van der Waals surface area contributed by atoms with E-state index in [9.17, 15) is 22.8 Å². The average Bonchev–Trinajstić information content (AvgIpc) is 2.26. The molecule has 5 nitrogen and oxygen atoms in total. The summed E-state index contributed by atoms with van der Waals surface area (Å²) in [5.74, 6) is -2.56. The first-order valence-corrected chi connectivity index (χ1v) is 5.55. The molecule has 1 rings (SSSR count). The summed E-state index contributed by atoms with van der Waals surface area (Å²) in [5.41, 5.74) is -2.73. The first kappa shape index (κ1) is 15.9. The molecular weight excluding hydrogens is 277 g/mol. The van der Waals surface area contributed by atoms with Crippen molar-refractivity contribution in [3.63, 3.8) is 0 Å². The number of hydrogen-bond acceptors (Lipinski definition) is 3. The number of amides is 1. The number of carbonyl (C=O) groups is 2. The quantitative estimate of drug-likeness (QED) is 0.877. The van der Waals surface area contributed by atoms with Gasteiger partial charge < -0.3 is 10.4 Å². The van der Waals surface area contributed by atoms with Gasteiger partial charge in [-0.1, -0.05) is 20.8 Å². The van der Waals surface area contributed by atoms with Crippen LogP contribution in [0.2, 0.25) is 0 Å². The first-order chi connectivity index (χ1) is 8.93. The van der Waals surface area contributed by atoms with Gasteiger partial charge in [-0.05, 0) is 6.07 Å². The standard InChI is InChI=1S/C12H13F3N2O3/c1-11(2,3)10(20)17-8-7(9(18)19)4-6(5-16-8)12(13,14)15/h4-5H,1-3H3,(H,18,19)(H,16,17,20). The SMILES string of the molecule is CC(C)(C)C(=O)Nc1ncc(C(F)(F)F)cc1C(=O)O. The number of aromatic carboxylic acids is 1. The first-order valence-electron chi connectivity index (χ1n) is 5.55. The molecule has 8 heteroatoms. The van der Waals surface area contributed by atoms with Gasteiger partial charge in [0.05, 0.1) is 5.56 Å². The van der Waals surface area contributed by atoms with E-state index in [-0.39, 0.29) is 0 Å². The number of carbonyl (C=O) groups excluding carboxylic acids is 1. The second-order valence-corrected chi connectivity index (χ2v) is 5.13. The summed E-state index contributed by atoms with van der Waals surface area (Å²) < 4.78 is 37.5. The van der Waals surface area contributed by atoms with Crippen LogP contribution in [0.15, 0.2) is 12.3 Å². The van der Waals surface area contributed by atoms with Crippen LogP contribution in [0, 0.1) is 5.41 Å². The fraction of sp³-hybridized carbons (Fsp3) is 0.417. The highest BCUT2D eigenvalue weighted by atomic mass is 19.4. The molecule has 0 aliphatic rings. The summed E-state index contributed by atoms with van der Waals surface area (Å²) in [5, 5.41) is 11.1. The number of nitrogens with one attached hydrogen (secondary N) is 1. The van der Waals surface area contributed by atoms with Crippen LogP contribution in [0.4, 0.5) is 19.0 Å². The van der Waals surface area contributed by atoms with Gasteiger partial charge in [0.25, 0.3) is 0 Å². The number of halogens is 3. The molecule has 2 N–H and O–H groups in total. The Balaban J connectivity index is 3.22. The van der Waals surface area contributed by atoms with Crippen molar-refractivity contribution in [3.05, 3.63) is 23.4 Å². The number of carboxylic acids is 1. The molecule has 0 unspecified atom stereocenters. The minimum absolute atomic E-state index is 0.412. The lowest BCUT2D eigenvalue weighted by Crippen LogP contribution is -2.29. The third-order valence-corrected chi connectivity index (χ3v) is 2.36. The van der Waals surface area contributed by atoms with Crippen molar-refractivity contribution in [2.24, 2.45) is 5.41 Å².